The molecule has 0 saturated carbocycles. The van der Waals surface area contributed by atoms with Crippen molar-refractivity contribution in [2.75, 3.05) is 20.3 Å². The number of methoxy groups -OCH3 is 1. The normalized spacial score (nSPS) is 10.3. The van der Waals surface area contributed by atoms with Gasteiger partial charge in [-0.1, -0.05) is 66.7 Å². The van der Waals surface area contributed by atoms with Gasteiger partial charge in [-0.05, 0) is 108 Å². The zero-order chi connectivity index (χ0) is 30.6. The minimum Gasteiger partial charge on any atom is -0.497 e. The third kappa shape index (κ3) is 8.09. The highest BCUT2D eigenvalue weighted by molar-refractivity contribution is 5.93. The van der Waals surface area contributed by atoms with Crippen LogP contribution in [0.25, 0.3) is 21.5 Å². The zero-order valence-electron chi connectivity index (χ0n) is 24.9. The molecule has 0 fully saturated rings. The topological polar surface area (TPSA) is 44.8 Å². The van der Waals surface area contributed by atoms with Crippen molar-refractivity contribution >= 4 is 27.5 Å². The number of unbranched alkanes of at least 4 members (excludes halogenated alkanes) is 3. The van der Waals surface area contributed by atoms with E-state index in [0.29, 0.717) is 13.2 Å². The van der Waals surface area contributed by atoms with E-state index in [9.17, 15) is 4.79 Å². The first-order valence-electron chi connectivity index (χ1n) is 14.8. The Labute approximate surface area is 259 Å². The highest BCUT2D eigenvalue weighted by Gasteiger charge is 2.04. The SMILES string of the molecule is C=CC(=O)OCCCCCCOc1ccc2cc(C#Cc3ccc(C#Cc4ccc(OC)cc4)c4ccccc34)ccc2c1. The molecule has 0 bridgehead atoms. The van der Waals surface area contributed by atoms with Gasteiger partial charge in [-0.15, -0.1) is 0 Å². The Morgan fingerprint density at radius 3 is 1.93 bits per heavy atom. The minimum atomic E-state index is -0.365. The smallest absolute Gasteiger partial charge is 0.330 e. The summed E-state index contributed by atoms with van der Waals surface area (Å²) in [6.07, 6.45) is 5.01. The second kappa shape index (κ2) is 15.1. The van der Waals surface area contributed by atoms with Crippen LogP contribution in [-0.4, -0.2) is 26.3 Å². The van der Waals surface area contributed by atoms with E-state index in [-0.39, 0.29) is 5.97 Å². The molecule has 0 amide bonds. The van der Waals surface area contributed by atoms with E-state index in [4.69, 9.17) is 14.2 Å². The van der Waals surface area contributed by atoms with Gasteiger partial charge in [-0.3, -0.25) is 0 Å². The lowest BCUT2D eigenvalue weighted by Gasteiger charge is -2.08. The number of carbonyl (C=O) groups excluding carboxylic acids is 1. The van der Waals surface area contributed by atoms with E-state index in [1.54, 1.807) is 7.11 Å². The molecule has 0 atom stereocenters. The average molecular weight is 579 g/mol. The third-order valence-electron chi connectivity index (χ3n) is 7.23. The Morgan fingerprint density at radius 2 is 1.25 bits per heavy atom. The summed E-state index contributed by atoms with van der Waals surface area (Å²) in [4.78, 5) is 11.1. The quantitative estimate of drug-likeness (QED) is 0.0722. The summed E-state index contributed by atoms with van der Waals surface area (Å²) in [6.45, 7) is 4.49. The van der Waals surface area contributed by atoms with Gasteiger partial charge in [-0.2, -0.15) is 0 Å². The maximum Gasteiger partial charge on any atom is 0.330 e. The van der Waals surface area contributed by atoms with Crippen LogP contribution in [0.1, 0.15) is 47.9 Å². The molecule has 44 heavy (non-hydrogen) atoms. The summed E-state index contributed by atoms with van der Waals surface area (Å²) in [5.41, 5.74) is 3.83. The highest BCUT2D eigenvalue weighted by atomic mass is 16.5. The van der Waals surface area contributed by atoms with Crippen LogP contribution < -0.4 is 9.47 Å². The molecule has 5 rings (SSSR count). The maximum absolute atomic E-state index is 11.1. The number of ether oxygens (including phenoxy) is 3. The Bertz CT molecular complexity index is 1900. The Hall–Kier alpha value is -5.45. The fraction of sp³-hybridized carbons (Fsp3) is 0.175. The van der Waals surface area contributed by atoms with Crippen molar-refractivity contribution in [2.45, 2.75) is 25.7 Å². The lowest BCUT2D eigenvalue weighted by Crippen LogP contribution is -2.02. The molecular formula is C40H34O4. The summed E-state index contributed by atoms with van der Waals surface area (Å²) in [5, 5.41) is 4.40. The largest absolute Gasteiger partial charge is 0.497 e. The summed E-state index contributed by atoms with van der Waals surface area (Å²) in [7, 11) is 1.66. The molecule has 5 aromatic carbocycles. The highest BCUT2D eigenvalue weighted by Crippen LogP contribution is 2.24. The van der Waals surface area contributed by atoms with Crippen molar-refractivity contribution in [1.29, 1.82) is 0 Å². The summed E-state index contributed by atoms with van der Waals surface area (Å²) >= 11 is 0. The van der Waals surface area contributed by atoms with Crippen LogP contribution in [0, 0.1) is 23.7 Å². The van der Waals surface area contributed by atoms with Gasteiger partial charge < -0.3 is 14.2 Å². The molecule has 0 saturated heterocycles. The fourth-order valence-electron chi connectivity index (χ4n) is 4.84. The van der Waals surface area contributed by atoms with Gasteiger partial charge in [0.1, 0.15) is 11.5 Å². The van der Waals surface area contributed by atoms with Crippen LogP contribution in [0.5, 0.6) is 11.5 Å². The number of fused-ring (bicyclic) bond motifs is 2. The average Bonchev–Trinajstić information content (AvgIpc) is 3.07. The summed E-state index contributed by atoms with van der Waals surface area (Å²) < 4.78 is 16.2. The molecule has 0 heterocycles. The molecule has 0 unspecified atom stereocenters. The number of benzene rings is 5. The van der Waals surface area contributed by atoms with Crippen molar-refractivity contribution in [3.63, 3.8) is 0 Å². The van der Waals surface area contributed by atoms with Crippen LogP contribution in [0.4, 0.5) is 0 Å². The van der Waals surface area contributed by atoms with E-state index in [1.807, 2.05) is 48.5 Å². The minimum absolute atomic E-state index is 0.365. The van der Waals surface area contributed by atoms with Gasteiger partial charge in [0.25, 0.3) is 0 Å². The molecule has 218 valence electrons. The van der Waals surface area contributed by atoms with Crippen LogP contribution in [0.15, 0.2) is 110 Å². The molecule has 0 aliphatic carbocycles. The Morgan fingerprint density at radius 1 is 0.659 bits per heavy atom. The fourth-order valence-corrected chi connectivity index (χ4v) is 4.84. The lowest BCUT2D eigenvalue weighted by atomic mass is 9.99. The van der Waals surface area contributed by atoms with Crippen LogP contribution in [0.3, 0.4) is 0 Å². The van der Waals surface area contributed by atoms with E-state index < -0.39 is 0 Å². The van der Waals surface area contributed by atoms with Crippen molar-refractivity contribution in [2.24, 2.45) is 0 Å². The third-order valence-corrected chi connectivity index (χ3v) is 7.23. The molecule has 4 nitrogen and oxygen atoms in total. The molecule has 0 aromatic heterocycles. The van der Waals surface area contributed by atoms with Gasteiger partial charge in [0.2, 0.25) is 0 Å². The monoisotopic (exact) mass is 578 g/mol. The molecule has 0 radical (unpaired) electrons. The van der Waals surface area contributed by atoms with Crippen molar-refractivity contribution < 1.29 is 19.0 Å². The number of hydrogen-bond acceptors (Lipinski definition) is 4. The summed E-state index contributed by atoms with van der Waals surface area (Å²) in [5.74, 6) is 14.7. The van der Waals surface area contributed by atoms with E-state index in [2.05, 4.69) is 78.8 Å². The number of carbonyl (C=O) groups is 1. The lowest BCUT2D eigenvalue weighted by molar-refractivity contribution is -0.137. The van der Waals surface area contributed by atoms with Crippen molar-refractivity contribution in [3.05, 3.63) is 132 Å². The standard InChI is InChI=1S/C40H34O4/c1-3-40(41)44-27-9-5-4-8-26-43-37-25-22-34-28-31(14-19-35(34)29-37)13-18-33-21-20-32(38-10-6-7-11-39(33)38)17-12-30-15-23-36(42-2)24-16-30/h3,6-7,10-11,14-16,19-25,28-29H,1,4-5,8-9,26-27H2,2H3. The van der Waals surface area contributed by atoms with Gasteiger partial charge in [0.05, 0.1) is 20.3 Å². The zero-order valence-corrected chi connectivity index (χ0v) is 24.9. The number of esters is 1. The van der Waals surface area contributed by atoms with Crippen LogP contribution in [0.2, 0.25) is 0 Å². The van der Waals surface area contributed by atoms with Gasteiger partial charge in [-0.25, -0.2) is 4.79 Å². The molecule has 0 N–H and O–H groups in total. The maximum atomic E-state index is 11.1. The first-order valence-corrected chi connectivity index (χ1v) is 14.8. The molecule has 0 spiro atoms. The first-order chi connectivity index (χ1) is 21.6. The second-order valence-corrected chi connectivity index (χ2v) is 10.3. The molecule has 4 heteroatoms. The Kier molecular flexibility index (Phi) is 10.3. The first kappa shape index (κ1) is 30.0. The molecule has 5 aromatic rings. The van der Waals surface area contributed by atoms with E-state index >= 15 is 0 Å². The number of hydrogen-bond donors (Lipinski definition) is 0. The molecular weight excluding hydrogens is 544 g/mol. The van der Waals surface area contributed by atoms with Gasteiger partial charge in [0, 0.05) is 28.3 Å². The van der Waals surface area contributed by atoms with E-state index in [0.717, 1.165) is 81.0 Å². The van der Waals surface area contributed by atoms with Crippen LogP contribution in [-0.2, 0) is 9.53 Å². The Balaban J connectivity index is 1.22. The summed E-state index contributed by atoms with van der Waals surface area (Å²) in [6, 6.07) is 32.5. The van der Waals surface area contributed by atoms with Gasteiger partial charge in [0.15, 0.2) is 0 Å². The molecule has 0 aliphatic rings. The second-order valence-electron chi connectivity index (χ2n) is 10.3. The van der Waals surface area contributed by atoms with Crippen LogP contribution >= 0.6 is 0 Å². The molecule has 0 aliphatic heterocycles. The van der Waals surface area contributed by atoms with Crippen molar-refractivity contribution in [1.82, 2.24) is 0 Å². The predicted octanol–water partition coefficient (Wildman–Crippen LogP) is 8.47. The predicted molar refractivity (Wildman–Crippen MR) is 178 cm³/mol. The van der Waals surface area contributed by atoms with Crippen molar-refractivity contribution in [3.8, 4) is 35.2 Å². The van der Waals surface area contributed by atoms with Gasteiger partial charge >= 0.3 is 5.97 Å². The number of rotatable bonds is 10. The van der Waals surface area contributed by atoms with E-state index in [1.165, 1.54) is 6.08 Å².